The SMILES string of the molecule is CN(C)CCCN1CC(C)(C)Oc2ccc(N)cc21. The van der Waals surface area contributed by atoms with E-state index in [1.165, 1.54) is 0 Å². The van der Waals surface area contributed by atoms with E-state index in [2.05, 4.69) is 37.7 Å². The number of anilines is 2. The van der Waals surface area contributed by atoms with E-state index < -0.39 is 0 Å². The van der Waals surface area contributed by atoms with Gasteiger partial charge in [0.1, 0.15) is 11.4 Å². The molecule has 0 fully saturated rings. The van der Waals surface area contributed by atoms with Crippen LogP contribution < -0.4 is 15.4 Å². The van der Waals surface area contributed by atoms with E-state index >= 15 is 0 Å². The van der Waals surface area contributed by atoms with Crippen molar-refractivity contribution < 1.29 is 4.74 Å². The highest BCUT2D eigenvalue weighted by atomic mass is 16.5. The number of nitrogens with zero attached hydrogens (tertiary/aromatic N) is 2. The molecule has 0 bridgehead atoms. The Morgan fingerprint density at radius 3 is 2.79 bits per heavy atom. The van der Waals surface area contributed by atoms with Crippen molar-refractivity contribution in [3.05, 3.63) is 18.2 Å². The summed E-state index contributed by atoms with van der Waals surface area (Å²) >= 11 is 0. The number of hydrogen-bond donors (Lipinski definition) is 1. The van der Waals surface area contributed by atoms with Crippen LogP contribution in [-0.4, -0.2) is 44.2 Å². The first kappa shape index (κ1) is 14.0. The van der Waals surface area contributed by atoms with Crippen LogP contribution in [0.25, 0.3) is 0 Å². The fraction of sp³-hybridized carbons (Fsp3) is 0.600. The van der Waals surface area contributed by atoms with E-state index in [0.717, 1.165) is 43.2 Å². The summed E-state index contributed by atoms with van der Waals surface area (Å²) in [4.78, 5) is 4.60. The Kier molecular flexibility index (Phi) is 3.90. The lowest BCUT2D eigenvalue weighted by Crippen LogP contribution is -2.47. The number of nitrogen functional groups attached to an aromatic ring is 1. The molecule has 1 heterocycles. The molecule has 1 aliphatic heterocycles. The molecule has 0 amide bonds. The Bertz CT molecular complexity index is 443. The third-order valence-corrected chi connectivity index (χ3v) is 3.31. The molecule has 0 aromatic heterocycles. The first-order valence-electron chi connectivity index (χ1n) is 6.86. The number of fused-ring (bicyclic) bond motifs is 1. The van der Waals surface area contributed by atoms with Crippen molar-refractivity contribution in [1.29, 1.82) is 0 Å². The second kappa shape index (κ2) is 5.29. The van der Waals surface area contributed by atoms with E-state index in [4.69, 9.17) is 10.5 Å². The molecule has 0 spiro atoms. The molecule has 1 aromatic carbocycles. The molecule has 4 nitrogen and oxygen atoms in total. The molecule has 1 aromatic rings. The first-order chi connectivity index (χ1) is 8.87. The lowest BCUT2D eigenvalue weighted by molar-refractivity contribution is 0.105. The predicted octanol–water partition coefficient (Wildman–Crippen LogP) is 2.20. The standard InChI is InChI=1S/C15H25N3O/c1-15(2)11-18(9-5-8-17(3)4)13-10-12(16)6-7-14(13)19-15/h6-7,10H,5,8-9,11,16H2,1-4H3. The topological polar surface area (TPSA) is 41.7 Å². The zero-order valence-electron chi connectivity index (χ0n) is 12.4. The molecule has 0 saturated heterocycles. The monoisotopic (exact) mass is 263 g/mol. The van der Waals surface area contributed by atoms with Gasteiger partial charge in [-0.15, -0.1) is 0 Å². The van der Waals surface area contributed by atoms with Crippen molar-refractivity contribution in [3.8, 4) is 5.75 Å². The lowest BCUT2D eigenvalue weighted by Gasteiger charge is -2.41. The Morgan fingerprint density at radius 2 is 2.11 bits per heavy atom. The highest BCUT2D eigenvalue weighted by molar-refractivity contribution is 5.66. The largest absolute Gasteiger partial charge is 0.484 e. The maximum absolute atomic E-state index is 6.02. The fourth-order valence-corrected chi connectivity index (χ4v) is 2.52. The van der Waals surface area contributed by atoms with Gasteiger partial charge in [-0.2, -0.15) is 0 Å². The van der Waals surface area contributed by atoms with E-state index in [1.54, 1.807) is 0 Å². The minimum atomic E-state index is -0.152. The minimum absolute atomic E-state index is 0.152. The predicted molar refractivity (Wildman–Crippen MR) is 80.9 cm³/mol. The van der Waals surface area contributed by atoms with Gasteiger partial charge in [0, 0.05) is 12.2 Å². The normalized spacial score (nSPS) is 17.2. The van der Waals surface area contributed by atoms with Gasteiger partial charge in [-0.05, 0) is 59.1 Å². The van der Waals surface area contributed by atoms with Crippen LogP contribution in [0.15, 0.2) is 18.2 Å². The summed E-state index contributed by atoms with van der Waals surface area (Å²) in [6.45, 7) is 7.28. The molecule has 0 unspecified atom stereocenters. The highest BCUT2D eigenvalue weighted by Gasteiger charge is 2.31. The third-order valence-electron chi connectivity index (χ3n) is 3.31. The van der Waals surface area contributed by atoms with Crippen molar-refractivity contribution in [2.75, 3.05) is 44.4 Å². The number of nitrogens with two attached hydrogens (primary N) is 1. The molecular weight excluding hydrogens is 238 g/mol. The molecule has 2 N–H and O–H groups in total. The Morgan fingerprint density at radius 1 is 1.37 bits per heavy atom. The fourth-order valence-electron chi connectivity index (χ4n) is 2.52. The smallest absolute Gasteiger partial charge is 0.143 e. The molecule has 4 heteroatoms. The molecule has 0 aliphatic carbocycles. The van der Waals surface area contributed by atoms with Gasteiger partial charge in [0.05, 0.1) is 12.2 Å². The van der Waals surface area contributed by atoms with E-state index in [0.29, 0.717) is 0 Å². The second-order valence-corrected chi connectivity index (χ2v) is 6.17. The zero-order valence-corrected chi connectivity index (χ0v) is 12.4. The Balaban J connectivity index is 2.16. The van der Waals surface area contributed by atoms with Gasteiger partial charge in [-0.25, -0.2) is 0 Å². The maximum Gasteiger partial charge on any atom is 0.143 e. The van der Waals surface area contributed by atoms with Crippen molar-refractivity contribution >= 4 is 11.4 Å². The van der Waals surface area contributed by atoms with Gasteiger partial charge >= 0.3 is 0 Å². The van der Waals surface area contributed by atoms with Gasteiger partial charge in [-0.3, -0.25) is 0 Å². The van der Waals surface area contributed by atoms with E-state index in [9.17, 15) is 0 Å². The summed E-state index contributed by atoms with van der Waals surface area (Å²) in [6, 6.07) is 5.89. The van der Waals surface area contributed by atoms with Crippen LogP contribution in [0.2, 0.25) is 0 Å². The quantitative estimate of drug-likeness (QED) is 0.846. The van der Waals surface area contributed by atoms with Crippen molar-refractivity contribution in [2.45, 2.75) is 25.9 Å². The molecule has 0 radical (unpaired) electrons. The molecule has 19 heavy (non-hydrogen) atoms. The molecule has 1 aliphatic rings. The highest BCUT2D eigenvalue weighted by Crippen LogP contribution is 2.38. The van der Waals surface area contributed by atoms with Gasteiger partial charge in [0.2, 0.25) is 0 Å². The first-order valence-corrected chi connectivity index (χ1v) is 6.86. The van der Waals surface area contributed by atoms with Gasteiger partial charge in [0.15, 0.2) is 0 Å². The van der Waals surface area contributed by atoms with E-state index in [1.807, 2.05) is 18.2 Å². The van der Waals surface area contributed by atoms with Crippen LogP contribution in [0.3, 0.4) is 0 Å². The zero-order chi connectivity index (χ0) is 14.0. The van der Waals surface area contributed by atoms with Crippen molar-refractivity contribution in [1.82, 2.24) is 4.90 Å². The minimum Gasteiger partial charge on any atom is -0.484 e. The molecule has 0 saturated carbocycles. The van der Waals surface area contributed by atoms with Crippen LogP contribution >= 0.6 is 0 Å². The Hall–Kier alpha value is -1.42. The third kappa shape index (κ3) is 3.53. The van der Waals surface area contributed by atoms with Crippen LogP contribution in [0, 0.1) is 0 Å². The Labute approximate surface area is 116 Å². The summed E-state index contributed by atoms with van der Waals surface area (Å²) in [5, 5.41) is 0. The van der Waals surface area contributed by atoms with Crippen LogP contribution in [0.4, 0.5) is 11.4 Å². The van der Waals surface area contributed by atoms with Crippen LogP contribution in [0.1, 0.15) is 20.3 Å². The molecule has 2 rings (SSSR count). The van der Waals surface area contributed by atoms with Crippen molar-refractivity contribution in [2.24, 2.45) is 0 Å². The number of ether oxygens (including phenoxy) is 1. The van der Waals surface area contributed by atoms with Crippen molar-refractivity contribution in [3.63, 3.8) is 0 Å². The second-order valence-electron chi connectivity index (χ2n) is 6.17. The summed E-state index contributed by atoms with van der Waals surface area (Å²) in [6.07, 6.45) is 1.14. The van der Waals surface area contributed by atoms with Crippen LogP contribution in [0.5, 0.6) is 5.75 Å². The van der Waals surface area contributed by atoms with Gasteiger partial charge in [-0.1, -0.05) is 0 Å². The number of rotatable bonds is 4. The van der Waals surface area contributed by atoms with Gasteiger partial charge < -0.3 is 20.3 Å². The summed E-state index contributed by atoms with van der Waals surface area (Å²) in [5.41, 5.74) is 7.66. The number of benzene rings is 1. The maximum atomic E-state index is 6.02. The molecule has 106 valence electrons. The average molecular weight is 263 g/mol. The summed E-state index contributed by atoms with van der Waals surface area (Å²) in [7, 11) is 4.21. The number of hydrogen-bond acceptors (Lipinski definition) is 4. The summed E-state index contributed by atoms with van der Waals surface area (Å²) in [5.74, 6) is 0.940. The molecular formula is C15H25N3O. The van der Waals surface area contributed by atoms with Crippen LogP contribution in [-0.2, 0) is 0 Å². The summed E-state index contributed by atoms with van der Waals surface area (Å²) < 4.78 is 6.02. The lowest BCUT2D eigenvalue weighted by atomic mass is 10.0. The average Bonchev–Trinajstić information content (AvgIpc) is 2.28. The van der Waals surface area contributed by atoms with E-state index in [-0.39, 0.29) is 5.60 Å². The van der Waals surface area contributed by atoms with Gasteiger partial charge in [0.25, 0.3) is 0 Å². The molecule has 0 atom stereocenters.